The summed E-state index contributed by atoms with van der Waals surface area (Å²) in [6.07, 6.45) is 4.09. The Kier molecular flexibility index (Phi) is 3.59. The number of amides is 1. The second kappa shape index (κ2) is 4.94. The van der Waals surface area contributed by atoms with Crippen molar-refractivity contribution < 1.29 is 9.90 Å². The molecule has 0 spiro atoms. The van der Waals surface area contributed by atoms with Crippen LogP contribution in [-0.2, 0) is 4.79 Å². The van der Waals surface area contributed by atoms with Crippen LogP contribution in [0.5, 0.6) is 0 Å². The van der Waals surface area contributed by atoms with Crippen LogP contribution in [0.25, 0.3) is 0 Å². The van der Waals surface area contributed by atoms with Gasteiger partial charge in [-0.15, -0.1) is 0 Å². The van der Waals surface area contributed by atoms with Gasteiger partial charge in [-0.1, -0.05) is 0 Å². The molecule has 0 radical (unpaired) electrons. The minimum absolute atomic E-state index is 0.0828. The van der Waals surface area contributed by atoms with Crippen molar-refractivity contribution in [2.75, 3.05) is 26.2 Å². The van der Waals surface area contributed by atoms with Gasteiger partial charge in [0, 0.05) is 13.1 Å². The highest BCUT2D eigenvalue weighted by molar-refractivity contribution is 5.79. The molecule has 2 N–H and O–H groups in total. The summed E-state index contributed by atoms with van der Waals surface area (Å²) in [6.45, 7) is 2.80. The van der Waals surface area contributed by atoms with E-state index >= 15 is 0 Å². The maximum Gasteiger partial charge on any atom is 0.227 e. The molecule has 2 heterocycles. The number of rotatable bonds is 2. The van der Waals surface area contributed by atoms with Gasteiger partial charge in [-0.05, 0) is 32.2 Å². The molecule has 86 valence electrons. The lowest BCUT2D eigenvalue weighted by Gasteiger charge is -2.30. The van der Waals surface area contributed by atoms with Crippen LogP contribution in [0.15, 0.2) is 0 Å². The molecule has 0 aromatic rings. The van der Waals surface area contributed by atoms with Crippen LogP contribution in [0.3, 0.4) is 0 Å². The summed E-state index contributed by atoms with van der Waals surface area (Å²) in [5.41, 5.74) is 0. The quantitative estimate of drug-likeness (QED) is 0.676. The van der Waals surface area contributed by atoms with E-state index in [0.717, 1.165) is 45.3 Å². The Hall–Kier alpha value is -0.610. The Labute approximate surface area is 90.6 Å². The van der Waals surface area contributed by atoms with Crippen molar-refractivity contribution in [3.05, 3.63) is 0 Å². The van der Waals surface area contributed by atoms with Gasteiger partial charge in [0.05, 0.1) is 18.6 Å². The summed E-state index contributed by atoms with van der Waals surface area (Å²) in [6, 6.07) is 0.0828. The van der Waals surface area contributed by atoms with Crippen LogP contribution in [0.2, 0.25) is 0 Å². The fraction of sp³-hybridized carbons (Fsp3) is 0.909. The first kappa shape index (κ1) is 10.9. The lowest BCUT2D eigenvalue weighted by Crippen LogP contribution is -2.45. The van der Waals surface area contributed by atoms with Gasteiger partial charge in [0.15, 0.2) is 0 Å². The molecular formula is C11H20N2O2. The van der Waals surface area contributed by atoms with E-state index in [1.54, 1.807) is 0 Å². The molecular weight excluding hydrogens is 192 g/mol. The average Bonchev–Trinajstić information content (AvgIpc) is 2.77. The Balaban J connectivity index is 1.93. The number of aliphatic hydroxyl groups is 1. The summed E-state index contributed by atoms with van der Waals surface area (Å²) in [5.74, 6) is 0.393. The summed E-state index contributed by atoms with van der Waals surface area (Å²) in [4.78, 5) is 14.0. The summed E-state index contributed by atoms with van der Waals surface area (Å²) < 4.78 is 0. The van der Waals surface area contributed by atoms with Crippen LogP contribution >= 0.6 is 0 Å². The summed E-state index contributed by atoms with van der Waals surface area (Å²) in [5, 5.41) is 12.4. The molecule has 2 fully saturated rings. The van der Waals surface area contributed by atoms with Crippen LogP contribution in [0.4, 0.5) is 0 Å². The number of likely N-dealkylation sites (tertiary alicyclic amines) is 1. The van der Waals surface area contributed by atoms with E-state index in [0.29, 0.717) is 0 Å². The molecule has 2 rings (SSSR count). The molecule has 2 aliphatic heterocycles. The van der Waals surface area contributed by atoms with Gasteiger partial charge in [0.2, 0.25) is 5.91 Å². The molecule has 15 heavy (non-hydrogen) atoms. The lowest BCUT2D eigenvalue weighted by molar-refractivity contribution is -0.137. The normalized spacial score (nSPS) is 31.9. The highest BCUT2D eigenvalue weighted by Crippen LogP contribution is 2.22. The summed E-state index contributed by atoms with van der Waals surface area (Å²) >= 11 is 0. The molecule has 2 atom stereocenters. The number of carbonyl (C=O) groups excluding carboxylic acids is 1. The number of nitrogens with one attached hydrogen (secondary N) is 1. The van der Waals surface area contributed by atoms with Gasteiger partial charge in [0.1, 0.15) is 0 Å². The van der Waals surface area contributed by atoms with Crippen molar-refractivity contribution in [1.82, 2.24) is 10.2 Å². The second-order valence-corrected chi connectivity index (χ2v) is 4.55. The number of nitrogens with zero attached hydrogens (tertiary/aromatic N) is 1. The van der Waals surface area contributed by atoms with E-state index < -0.39 is 0 Å². The smallest absolute Gasteiger partial charge is 0.227 e. The summed E-state index contributed by atoms with van der Waals surface area (Å²) in [7, 11) is 0. The van der Waals surface area contributed by atoms with Gasteiger partial charge in [-0.3, -0.25) is 4.79 Å². The topological polar surface area (TPSA) is 52.6 Å². The Morgan fingerprint density at radius 2 is 2.27 bits per heavy atom. The molecule has 1 amide bonds. The van der Waals surface area contributed by atoms with Crippen molar-refractivity contribution in [3.8, 4) is 0 Å². The molecule has 1 unspecified atom stereocenters. The molecule has 2 aliphatic rings. The van der Waals surface area contributed by atoms with Crippen LogP contribution < -0.4 is 5.32 Å². The molecule has 0 aromatic heterocycles. The SMILES string of the molecule is O=C([C@@H]1CCCNC1)N1CCCC1CO. The highest BCUT2D eigenvalue weighted by Gasteiger charge is 2.32. The van der Waals surface area contributed by atoms with Crippen molar-refractivity contribution >= 4 is 5.91 Å². The van der Waals surface area contributed by atoms with Crippen molar-refractivity contribution in [3.63, 3.8) is 0 Å². The third-order valence-electron chi connectivity index (χ3n) is 3.52. The highest BCUT2D eigenvalue weighted by atomic mass is 16.3. The van der Waals surface area contributed by atoms with E-state index in [9.17, 15) is 9.90 Å². The molecule has 0 aromatic carbocycles. The number of hydrogen-bond acceptors (Lipinski definition) is 3. The standard InChI is InChI=1S/C11H20N2O2/c14-8-10-4-2-6-13(10)11(15)9-3-1-5-12-7-9/h9-10,12,14H,1-8H2/t9-,10?/m1/s1. The number of hydrogen-bond donors (Lipinski definition) is 2. The van der Waals surface area contributed by atoms with Crippen LogP contribution in [-0.4, -0.2) is 48.2 Å². The van der Waals surface area contributed by atoms with Gasteiger partial charge in [-0.25, -0.2) is 0 Å². The molecule has 0 aliphatic carbocycles. The van der Waals surface area contributed by atoms with Gasteiger partial charge < -0.3 is 15.3 Å². The fourth-order valence-electron chi connectivity index (χ4n) is 2.61. The van der Waals surface area contributed by atoms with Gasteiger partial charge >= 0.3 is 0 Å². The fourth-order valence-corrected chi connectivity index (χ4v) is 2.61. The first-order valence-corrected chi connectivity index (χ1v) is 5.95. The molecule has 4 heteroatoms. The zero-order valence-corrected chi connectivity index (χ0v) is 9.11. The molecule has 2 saturated heterocycles. The monoisotopic (exact) mass is 212 g/mol. The first-order chi connectivity index (χ1) is 7.33. The third kappa shape index (κ3) is 2.32. The minimum atomic E-state index is 0.0828. The number of aliphatic hydroxyl groups excluding tert-OH is 1. The average molecular weight is 212 g/mol. The number of piperidine rings is 1. The van der Waals surface area contributed by atoms with E-state index in [1.807, 2.05) is 4.90 Å². The number of carbonyl (C=O) groups is 1. The molecule has 0 saturated carbocycles. The van der Waals surface area contributed by atoms with Gasteiger partial charge in [0.25, 0.3) is 0 Å². The predicted octanol–water partition coefficient (Wildman–Crippen LogP) is -0.0307. The van der Waals surface area contributed by atoms with E-state index in [1.165, 1.54) is 0 Å². The minimum Gasteiger partial charge on any atom is -0.394 e. The first-order valence-electron chi connectivity index (χ1n) is 5.95. The largest absolute Gasteiger partial charge is 0.394 e. The Morgan fingerprint density at radius 3 is 2.93 bits per heavy atom. The van der Waals surface area contributed by atoms with E-state index in [-0.39, 0.29) is 24.5 Å². The van der Waals surface area contributed by atoms with Crippen LogP contribution in [0, 0.1) is 5.92 Å². The molecule has 4 nitrogen and oxygen atoms in total. The maximum absolute atomic E-state index is 12.1. The zero-order valence-electron chi connectivity index (χ0n) is 9.11. The van der Waals surface area contributed by atoms with Crippen molar-refractivity contribution in [2.45, 2.75) is 31.7 Å². The Morgan fingerprint density at radius 1 is 1.40 bits per heavy atom. The predicted molar refractivity (Wildman–Crippen MR) is 57.4 cm³/mol. The van der Waals surface area contributed by atoms with E-state index in [4.69, 9.17) is 0 Å². The van der Waals surface area contributed by atoms with E-state index in [2.05, 4.69) is 5.32 Å². The van der Waals surface area contributed by atoms with Crippen molar-refractivity contribution in [2.24, 2.45) is 5.92 Å². The van der Waals surface area contributed by atoms with Crippen molar-refractivity contribution in [1.29, 1.82) is 0 Å². The third-order valence-corrected chi connectivity index (χ3v) is 3.52. The maximum atomic E-state index is 12.1. The molecule has 0 bridgehead atoms. The lowest BCUT2D eigenvalue weighted by atomic mass is 9.98. The Bertz CT molecular complexity index is 227. The second-order valence-electron chi connectivity index (χ2n) is 4.55. The van der Waals surface area contributed by atoms with Gasteiger partial charge in [-0.2, -0.15) is 0 Å². The zero-order chi connectivity index (χ0) is 10.7. The van der Waals surface area contributed by atoms with Crippen LogP contribution in [0.1, 0.15) is 25.7 Å².